The van der Waals surface area contributed by atoms with Crippen molar-refractivity contribution < 1.29 is 4.74 Å². The fourth-order valence-corrected chi connectivity index (χ4v) is 3.47. The molecule has 7 heteroatoms. The van der Waals surface area contributed by atoms with E-state index in [1.54, 1.807) is 4.80 Å². The lowest BCUT2D eigenvalue weighted by atomic mass is 9.91. The van der Waals surface area contributed by atoms with Gasteiger partial charge in [0.1, 0.15) is 5.82 Å². The monoisotopic (exact) mass is 352 g/mol. The number of nitrogens with one attached hydrogen (secondary N) is 1. The molecule has 0 spiro atoms. The highest BCUT2D eigenvalue weighted by atomic mass is 16.5. The molecule has 3 heterocycles. The van der Waals surface area contributed by atoms with Crippen molar-refractivity contribution >= 4 is 0 Å². The van der Waals surface area contributed by atoms with Crippen LogP contribution in [0.2, 0.25) is 0 Å². The van der Waals surface area contributed by atoms with Crippen molar-refractivity contribution in [3.05, 3.63) is 60.4 Å². The fourth-order valence-electron chi connectivity index (χ4n) is 3.47. The Labute approximate surface area is 153 Å². The number of para-hydroxylation sites is 1. The van der Waals surface area contributed by atoms with Crippen molar-refractivity contribution in [2.45, 2.75) is 25.4 Å². The molecular weight excluding hydrogens is 328 g/mol. The summed E-state index contributed by atoms with van der Waals surface area (Å²) in [6.45, 7) is 2.29. The Morgan fingerprint density at radius 1 is 1.23 bits per heavy atom. The third-order valence-corrected chi connectivity index (χ3v) is 4.90. The van der Waals surface area contributed by atoms with Crippen LogP contribution in [0.15, 0.2) is 48.9 Å². The largest absolute Gasteiger partial charge is 0.381 e. The molecule has 1 atom stereocenters. The summed E-state index contributed by atoms with van der Waals surface area (Å²) in [6.07, 6.45) is 7.76. The lowest BCUT2D eigenvalue weighted by Gasteiger charge is -2.30. The molecular formula is C19H24N6O. The average molecular weight is 352 g/mol. The zero-order chi connectivity index (χ0) is 17.8. The summed E-state index contributed by atoms with van der Waals surface area (Å²) >= 11 is 0. The second kappa shape index (κ2) is 7.80. The minimum Gasteiger partial charge on any atom is -0.381 e. The molecule has 0 aliphatic carbocycles. The molecule has 136 valence electrons. The normalized spacial score (nSPS) is 16.7. The third kappa shape index (κ3) is 3.68. The van der Waals surface area contributed by atoms with Crippen LogP contribution < -0.4 is 5.32 Å². The van der Waals surface area contributed by atoms with E-state index in [1.165, 1.54) is 0 Å². The minimum atomic E-state index is 0.181. The zero-order valence-corrected chi connectivity index (χ0v) is 15.0. The van der Waals surface area contributed by atoms with Gasteiger partial charge in [-0.15, -0.1) is 0 Å². The van der Waals surface area contributed by atoms with Gasteiger partial charge in [-0.05, 0) is 30.9 Å². The molecule has 1 fully saturated rings. The van der Waals surface area contributed by atoms with Crippen LogP contribution in [0.4, 0.5) is 0 Å². The molecule has 1 N–H and O–H groups in total. The van der Waals surface area contributed by atoms with E-state index >= 15 is 0 Å². The van der Waals surface area contributed by atoms with Crippen molar-refractivity contribution in [3.8, 4) is 5.69 Å². The molecule has 4 rings (SSSR count). The number of aryl methyl sites for hydroxylation is 1. The summed E-state index contributed by atoms with van der Waals surface area (Å²) in [5.74, 6) is 1.57. The van der Waals surface area contributed by atoms with Gasteiger partial charge in [-0.1, -0.05) is 18.2 Å². The molecule has 26 heavy (non-hydrogen) atoms. The van der Waals surface area contributed by atoms with E-state index in [9.17, 15) is 0 Å². The van der Waals surface area contributed by atoms with Crippen molar-refractivity contribution in [3.63, 3.8) is 0 Å². The van der Waals surface area contributed by atoms with Crippen molar-refractivity contribution in [1.29, 1.82) is 0 Å². The Morgan fingerprint density at radius 3 is 2.77 bits per heavy atom. The van der Waals surface area contributed by atoms with Gasteiger partial charge in [-0.3, -0.25) is 0 Å². The number of hydrogen-bond donors (Lipinski definition) is 1. The van der Waals surface area contributed by atoms with Crippen LogP contribution in [0.1, 0.15) is 30.4 Å². The predicted octanol–water partition coefficient (Wildman–Crippen LogP) is 2.26. The minimum absolute atomic E-state index is 0.181. The fraction of sp³-hybridized carbons (Fsp3) is 0.421. The maximum atomic E-state index is 5.53. The van der Waals surface area contributed by atoms with Crippen LogP contribution in [0.5, 0.6) is 0 Å². The summed E-state index contributed by atoms with van der Waals surface area (Å²) in [6, 6.07) is 10.1. The van der Waals surface area contributed by atoms with E-state index in [0.29, 0.717) is 12.5 Å². The number of rotatable bonds is 6. The second-order valence-corrected chi connectivity index (χ2v) is 6.67. The first-order chi connectivity index (χ1) is 12.8. The Morgan fingerprint density at radius 2 is 2.04 bits per heavy atom. The first-order valence-electron chi connectivity index (χ1n) is 9.06. The topological polar surface area (TPSA) is 69.8 Å². The number of imidazole rings is 1. The van der Waals surface area contributed by atoms with Crippen LogP contribution in [-0.2, 0) is 18.3 Å². The smallest absolute Gasteiger partial charge is 0.125 e. The van der Waals surface area contributed by atoms with E-state index in [1.807, 2.05) is 56.0 Å². The summed E-state index contributed by atoms with van der Waals surface area (Å²) in [5, 5.41) is 12.6. The highest BCUT2D eigenvalue weighted by molar-refractivity contribution is 5.28. The quantitative estimate of drug-likeness (QED) is 0.737. The molecule has 7 nitrogen and oxygen atoms in total. The van der Waals surface area contributed by atoms with Gasteiger partial charge >= 0.3 is 0 Å². The molecule has 1 aliphatic heterocycles. The van der Waals surface area contributed by atoms with Gasteiger partial charge in [0.05, 0.1) is 23.6 Å². The lowest BCUT2D eigenvalue weighted by molar-refractivity contribution is 0.0517. The van der Waals surface area contributed by atoms with Gasteiger partial charge < -0.3 is 14.6 Å². The molecule has 1 aromatic carbocycles. The summed E-state index contributed by atoms with van der Waals surface area (Å²) in [7, 11) is 2.04. The van der Waals surface area contributed by atoms with E-state index < -0.39 is 0 Å². The van der Waals surface area contributed by atoms with Crippen molar-refractivity contribution in [2.75, 3.05) is 13.2 Å². The first kappa shape index (κ1) is 16.9. The summed E-state index contributed by atoms with van der Waals surface area (Å²) < 4.78 is 7.62. The van der Waals surface area contributed by atoms with Crippen molar-refractivity contribution in [2.24, 2.45) is 13.0 Å². The molecule has 0 saturated carbocycles. The second-order valence-electron chi connectivity index (χ2n) is 6.67. The number of hydrogen-bond acceptors (Lipinski definition) is 5. The predicted molar refractivity (Wildman–Crippen MR) is 97.7 cm³/mol. The zero-order valence-electron chi connectivity index (χ0n) is 15.0. The van der Waals surface area contributed by atoms with Crippen LogP contribution in [0.3, 0.4) is 0 Å². The van der Waals surface area contributed by atoms with Crippen LogP contribution in [0.25, 0.3) is 5.69 Å². The Kier molecular flexibility index (Phi) is 5.08. The highest BCUT2D eigenvalue weighted by Crippen LogP contribution is 2.29. The summed E-state index contributed by atoms with van der Waals surface area (Å²) in [4.78, 5) is 6.24. The van der Waals surface area contributed by atoms with Crippen LogP contribution >= 0.6 is 0 Å². The number of aromatic nitrogens is 5. The van der Waals surface area contributed by atoms with Crippen molar-refractivity contribution in [1.82, 2.24) is 29.9 Å². The molecule has 1 aliphatic rings. The highest BCUT2D eigenvalue weighted by Gasteiger charge is 2.28. The maximum absolute atomic E-state index is 5.53. The molecule has 0 radical (unpaired) electrons. The molecule has 1 unspecified atom stereocenters. The molecule has 2 aromatic heterocycles. The van der Waals surface area contributed by atoms with Gasteiger partial charge in [0.15, 0.2) is 0 Å². The van der Waals surface area contributed by atoms with E-state index in [2.05, 4.69) is 25.1 Å². The van der Waals surface area contributed by atoms with Gasteiger partial charge in [-0.25, -0.2) is 4.98 Å². The number of nitrogens with zero attached hydrogens (tertiary/aromatic N) is 5. The van der Waals surface area contributed by atoms with Gasteiger partial charge in [0, 0.05) is 39.2 Å². The molecule has 3 aromatic rings. The molecule has 1 saturated heterocycles. The maximum Gasteiger partial charge on any atom is 0.125 e. The average Bonchev–Trinajstić information content (AvgIpc) is 3.33. The summed E-state index contributed by atoms with van der Waals surface area (Å²) in [5.41, 5.74) is 1.88. The third-order valence-electron chi connectivity index (χ3n) is 4.90. The Bertz CT molecular complexity index is 821. The molecule has 0 bridgehead atoms. The number of benzene rings is 1. The lowest BCUT2D eigenvalue weighted by Crippen LogP contribution is -2.33. The van der Waals surface area contributed by atoms with E-state index in [0.717, 1.165) is 43.3 Å². The van der Waals surface area contributed by atoms with Gasteiger partial charge in [0.25, 0.3) is 0 Å². The van der Waals surface area contributed by atoms with E-state index in [4.69, 9.17) is 4.74 Å². The van der Waals surface area contributed by atoms with E-state index in [-0.39, 0.29) is 6.04 Å². The Hall–Kier alpha value is -2.51. The van der Waals surface area contributed by atoms with Crippen LogP contribution in [-0.4, -0.2) is 37.8 Å². The standard InChI is InChI=1S/C19H24N6O/c1-24-10-9-20-19(24)18(15-7-11-26-12-8-15)21-13-16-14-22-25(23-16)17-5-3-2-4-6-17/h2-6,9-10,14-15,18,21H,7-8,11-13H2,1H3. The first-order valence-corrected chi connectivity index (χ1v) is 9.06. The SMILES string of the molecule is Cn1ccnc1C(NCc1cnn(-c2ccccc2)n1)C1CCOCC1. The Balaban J connectivity index is 1.48. The van der Waals surface area contributed by atoms with Crippen LogP contribution in [0, 0.1) is 5.92 Å². The molecule has 0 amide bonds. The van der Waals surface area contributed by atoms with Gasteiger partial charge in [-0.2, -0.15) is 15.0 Å². The number of ether oxygens (including phenoxy) is 1. The van der Waals surface area contributed by atoms with Gasteiger partial charge in [0.2, 0.25) is 0 Å².